The van der Waals surface area contributed by atoms with E-state index in [1.54, 1.807) is 17.7 Å². The van der Waals surface area contributed by atoms with Crippen molar-refractivity contribution in [1.29, 1.82) is 0 Å². The van der Waals surface area contributed by atoms with Crippen LogP contribution in [0.5, 0.6) is 17.2 Å². The van der Waals surface area contributed by atoms with Crippen LogP contribution < -0.4 is 9.64 Å². The van der Waals surface area contributed by atoms with Crippen molar-refractivity contribution in [3.05, 3.63) is 40.7 Å². The summed E-state index contributed by atoms with van der Waals surface area (Å²) in [6.45, 7) is 7.78. The van der Waals surface area contributed by atoms with Crippen LogP contribution in [0, 0.1) is 4.77 Å². The zero-order chi connectivity index (χ0) is 21.1. The van der Waals surface area contributed by atoms with Crippen LogP contribution in [0.4, 0.5) is 5.69 Å². The summed E-state index contributed by atoms with van der Waals surface area (Å²) in [5.41, 5.74) is 2.96. The van der Waals surface area contributed by atoms with Gasteiger partial charge in [0.2, 0.25) is 0 Å². The van der Waals surface area contributed by atoms with E-state index in [0.717, 1.165) is 35.8 Å². The fraction of sp³-hybridized carbons (Fsp3) is 0.333. The summed E-state index contributed by atoms with van der Waals surface area (Å²) < 4.78 is 7.72. The molecule has 0 spiro atoms. The molecule has 0 amide bonds. The third kappa shape index (κ3) is 3.80. The first-order valence-electron chi connectivity index (χ1n) is 9.61. The molecule has 0 fully saturated rings. The number of benzene rings is 2. The van der Waals surface area contributed by atoms with E-state index in [4.69, 9.17) is 17.0 Å². The largest absolute Gasteiger partial charge is 0.508 e. The molecule has 0 saturated carbocycles. The minimum Gasteiger partial charge on any atom is -0.508 e. The van der Waals surface area contributed by atoms with E-state index in [0.29, 0.717) is 22.6 Å². The average Bonchev–Trinajstić information content (AvgIpc) is 3.10. The summed E-state index contributed by atoms with van der Waals surface area (Å²) in [7, 11) is 1.65. The molecule has 0 bridgehead atoms. The molecule has 1 heterocycles. The van der Waals surface area contributed by atoms with Crippen LogP contribution in [0.3, 0.4) is 0 Å². The van der Waals surface area contributed by atoms with Gasteiger partial charge in [-0.3, -0.25) is 9.67 Å². The van der Waals surface area contributed by atoms with Crippen molar-refractivity contribution in [2.45, 2.75) is 27.2 Å². The van der Waals surface area contributed by atoms with Gasteiger partial charge in [0.05, 0.1) is 24.0 Å². The maximum atomic E-state index is 10.5. The van der Waals surface area contributed by atoms with Gasteiger partial charge in [-0.2, -0.15) is 5.10 Å². The number of phenolic OH excluding ortho intramolecular Hbond substituents is 2. The zero-order valence-corrected chi connectivity index (χ0v) is 17.9. The molecule has 3 N–H and O–H groups in total. The molecule has 3 rings (SSSR count). The second kappa shape index (κ2) is 8.57. The molecule has 7 nitrogen and oxygen atoms in total. The molecule has 29 heavy (non-hydrogen) atoms. The highest BCUT2D eigenvalue weighted by Gasteiger charge is 2.19. The van der Waals surface area contributed by atoms with E-state index in [-0.39, 0.29) is 11.5 Å². The van der Waals surface area contributed by atoms with Crippen LogP contribution in [-0.2, 0) is 6.42 Å². The van der Waals surface area contributed by atoms with Crippen LogP contribution in [-0.4, -0.2) is 45.2 Å². The van der Waals surface area contributed by atoms with Gasteiger partial charge in [-0.25, -0.2) is 0 Å². The van der Waals surface area contributed by atoms with Crippen LogP contribution >= 0.6 is 12.2 Å². The Bertz CT molecular complexity index is 1070. The van der Waals surface area contributed by atoms with Gasteiger partial charge in [0.15, 0.2) is 10.6 Å². The molecule has 0 saturated heterocycles. The number of rotatable bonds is 7. The lowest BCUT2D eigenvalue weighted by molar-refractivity contribution is 0.414. The van der Waals surface area contributed by atoms with E-state index in [2.05, 4.69) is 28.9 Å². The van der Waals surface area contributed by atoms with Gasteiger partial charge in [-0.15, -0.1) is 0 Å². The molecule has 0 aliphatic carbocycles. The highest BCUT2D eigenvalue weighted by molar-refractivity contribution is 7.71. The minimum atomic E-state index is -0.0626. The minimum absolute atomic E-state index is 0.0581. The lowest BCUT2D eigenvalue weighted by atomic mass is 10.1. The molecule has 0 aliphatic rings. The van der Waals surface area contributed by atoms with E-state index < -0.39 is 0 Å². The molecule has 0 aliphatic heterocycles. The average molecular weight is 415 g/mol. The summed E-state index contributed by atoms with van der Waals surface area (Å²) in [6, 6.07) is 8.87. The molecule has 0 unspecified atom stereocenters. The Labute approximate surface area is 175 Å². The predicted octanol–water partition coefficient (Wildman–Crippen LogP) is 4.43. The highest BCUT2D eigenvalue weighted by atomic mass is 32.1. The quantitative estimate of drug-likeness (QED) is 0.496. The Balaban J connectivity index is 2.22. The summed E-state index contributed by atoms with van der Waals surface area (Å²) in [5.74, 6) is 1.24. The Hall–Kier alpha value is -3.00. The smallest absolute Gasteiger partial charge is 0.200 e. The SMILES string of the molecule is CCc1cc(-c2n[nH]c(=S)n2-c2ccc(OC)c(N(CC)CC)c2)c(O)cc1O. The van der Waals surface area contributed by atoms with E-state index in [1.807, 2.05) is 25.1 Å². The number of aromatic amines is 1. The monoisotopic (exact) mass is 414 g/mol. The van der Waals surface area contributed by atoms with Crippen molar-refractivity contribution in [3.63, 3.8) is 0 Å². The number of hydrogen-bond acceptors (Lipinski definition) is 6. The van der Waals surface area contributed by atoms with Gasteiger partial charge in [0.25, 0.3) is 0 Å². The standard InChI is InChI=1S/C21H26N4O3S/c1-5-13-10-15(18(27)12-17(13)26)20-22-23-21(29)25(20)14-8-9-19(28-4)16(11-14)24(6-2)7-3/h8-12,26-27H,5-7H2,1-4H3,(H,23,29). The number of H-pyrrole nitrogens is 1. The first kappa shape index (κ1) is 20.7. The van der Waals surface area contributed by atoms with Gasteiger partial charge in [0.1, 0.15) is 17.2 Å². The van der Waals surface area contributed by atoms with Crippen molar-refractivity contribution >= 4 is 17.9 Å². The number of methoxy groups -OCH3 is 1. The first-order chi connectivity index (χ1) is 13.9. The van der Waals surface area contributed by atoms with Crippen LogP contribution in [0.15, 0.2) is 30.3 Å². The van der Waals surface area contributed by atoms with E-state index >= 15 is 0 Å². The van der Waals surface area contributed by atoms with Crippen LogP contribution in [0.25, 0.3) is 17.1 Å². The summed E-state index contributed by atoms with van der Waals surface area (Å²) in [5, 5.41) is 27.6. The normalized spacial score (nSPS) is 10.9. The van der Waals surface area contributed by atoms with Gasteiger partial charge in [-0.1, -0.05) is 6.92 Å². The molecule has 3 aromatic rings. The van der Waals surface area contributed by atoms with Crippen molar-refractivity contribution in [1.82, 2.24) is 14.8 Å². The van der Waals surface area contributed by atoms with E-state index in [1.165, 1.54) is 6.07 Å². The number of aromatic hydroxyl groups is 2. The Morgan fingerprint density at radius 3 is 2.45 bits per heavy atom. The Morgan fingerprint density at radius 2 is 1.83 bits per heavy atom. The number of phenols is 2. The third-order valence-corrected chi connectivity index (χ3v) is 5.29. The molecule has 0 atom stereocenters. The van der Waals surface area contributed by atoms with Crippen molar-refractivity contribution in [2.24, 2.45) is 0 Å². The van der Waals surface area contributed by atoms with Crippen LogP contribution in [0.2, 0.25) is 0 Å². The van der Waals surface area contributed by atoms with Gasteiger partial charge >= 0.3 is 0 Å². The molecule has 154 valence electrons. The fourth-order valence-electron chi connectivity index (χ4n) is 3.43. The summed E-state index contributed by atoms with van der Waals surface area (Å²) >= 11 is 5.48. The third-order valence-electron chi connectivity index (χ3n) is 5.02. The Kier molecular flexibility index (Phi) is 6.12. The number of aryl methyl sites for hydroxylation is 1. The lowest BCUT2D eigenvalue weighted by Gasteiger charge is -2.24. The number of ether oxygens (including phenoxy) is 1. The number of hydrogen-bond donors (Lipinski definition) is 3. The molecule has 2 aromatic carbocycles. The Morgan fingerprint density at radius 1 is 1.10 bits per heavy atom. The number of nitrogens with one attached hydrogen (secondary N) is 1. The van der Waals surface area contributed by atoms with Crippen molar-refractivity contribution in [3.8, 4) is 34.3 Å². The number of nitrogens with zero attached hydrogens (tertiary/aromatic N) is 3. The fourth-order valence-corrected chi connectivity index (χ4v) is 3.67. The molecule has 1 aromatic heterocycles. The lowest BCUT2D eigenvalue weighted by Crippen LogP contribution is -2.22. The molecular weight excluding hydrogens is 388 g/mol. The number of anilines is 1. The number of aromatic nitrogens is 3. The second-order valence-corrected chi connectivity index (χ2v) is 6.95. The molecule has 8 heteroatoms. The van der Waals surface area contributed by atoms with Crippen LogP contribution in [0.1, 0.15) is 26.3 Å². The summed E-state index contributed by atoms with van der Waals surface area (Å²) in [6.07, 6.45) is 0.624. The van der Waals surface area contributed by atoms with Gasteiger partial charge in [0, 0.05) is 19.2 Å². The maximum absolute atomic E-state index is 10.5. The molecular formula is C21H26N4O3S. The topological polar surface area (TPSA) is 86.5 Å². The molecule has 0 radical (unpaired) electrons. The first-order valence-corrected chi connectivity index (χ1v) is 10.0. The maximum Gasteiger partial charge on any atom is 0.200 e. The van der Waals surface area contributed by atoms with Crippen molar-refractivity contribution < 1.29 is 14.9 Å². The predicted molar refractivity (Wildman–Crippen MR) is 117 cm³/mol. The highest BCUT2D eigenvalue weighted by Crippen LogP contribution is 2.37. The van der Waals surface area contributed by atoms with Gasteiger partial charge < -0.3 is 19.8 Å². The van der Waals surface area contributed by atoms with Crippen molar-refractivity contribution in [2.75, 3.05) is 25.1 Å². The van der Waals surface area contributed by atoms with E-state index in [9.17, 15) is 10.2 Å². The van der Waals surface area contributed by atoms with Gasteiger partial charge in [-0.05, 0) is 62.3 Å². The zero-order valence-electron chi connectivity index (χ0n) is 17.1. The second-order valence-electron chi connectivity index (χ2n) is 6.57. The summed E-state index contributed by atoms with van der Waals surface area (Å²) in [4.78, 5) is 2.19.